The number of rotatable bonds is 0. The minimum atomic E-state index is -0.329. The van der Waals surface area contributed by atoms with Gasteiger partial charge >= 0.3 is 0 Å². The SMILES string of the molecule is C1=Cc2ccccc2ON1.O=C1C=CC(=O)N1. The molecule has 0 unspecified atom stereocenters. The van der Waals surface area contributed by atoms with E-state index in [2.05, 4.69) is 5.48 Å². The van der Waals surface area contributed by atoms with Gasteiger partial charge in [0.15, 0.2) is 5.75 Å². The lowest BCUT2D eigenvalue weighted by molar-refractivity contribution is -0.123. The summed E-state index contributed by atoms with van der Waals surface area (Å²) < 4.78 is 0. The molecule has 0 fully saturated rings. The largest absolute Gasteiger partial charge is 0.382 e. The third-order valence-electron chi connectivity index (χ3n) is 2.05. The third-order valence-corrected chi connectivity index (χ3v) is 2.05. The molecule has 17 heavy (non-hydrogen) atoms. The molecule has 0 atom stereocenters. The molecule has 2 N–H and O–H groups in total. The van der Waals surface area contributed by atoms with E-state index in [0.29, 0.717) is 0 Å². The van der Waals surface area contributed by atoms with E-state index >= 15 is 0 Å². The van der Waals surface area contributed by atoms with Gasteiger partial charge < -0.3 is 4.84 Å². The van der Waals surface area contributed by atoms with Crippen LogP contribution < -0.4 is 15.6 Å². The van der Waals surface area contributed by atoms with Crippen molar-refractivity contribution in [2.45, 2.75) is 0 Å². The first kappa shape index (κ1) is 10.9. The van der Waals surface area contributed by atoms with Gasteiger partial charge in [-0.1, -0.05) is 18.2 Å². The summed E-state index contributed by atoms with van der Waals surface area (Å²) in [6.07, 6.45) is 6.13. The molecule has 0 aromatic heterocycles. The van der Waals surface area contributed by atoms with Gasteiger partial charge in [0.2, 0.25) is 0 Å². The molecule has 0 aliphatic carbocycles. The lowest BCUT2D eigenvalue weighted by atomic mass is 10.2. The molecule has 5 nitrogen and oxygen atoms in total. The highest BCUT2D eigenvalue weighted by Gasteiger charge is 2.06. The fourth-order valence-corrected chi connectivity index (χ4v) is 1.29. The molecule has 0 saturated heterocycles. The van der Waals surface area contributed by atoms with E-state index in [4.69, 9.17) is 4.84 Å². The lowest BCUT2D eigenvalue weighted by Crippen LogP contribution is -2.19. The van der Waals surface area contributed by atoms with Gasteiger partial charge in [-0.2, -0.15) is 0 Å². The zero-order valence-corrected chi connectivity index (χ0v) is 8.84. The van der Waals surface area contributed by atoms with Crippen LogP contribution in [0.1, 0.15) is 5.56 Å². The van der Waals surface area contributed by atoms with Gasteiger partial charge in [-0.25, -0.2) is 5.48 Å². The second kappa shape index (κ2) is 4.98. The van der Waals surface area contributed by atoms with Crippen molar-refractivity contribution in [3.8, 4) is 5.75 Å². The molecular formula is C12H10N2O3. The summed E-state index contributed by atoms with van der Waals surface area (Å²) >= 11 is 0. The number of benzene rings is 1. The van der Waals surface area contributed by atoms with E-state index in [1.54, 1.807) is 6.20 Å². The van der Waals surface area contributed by atoms with Crippen molar-refractivity contribution in [1.82, 2.24) is 10.8 Å². The Kier molecular flexibility index (Phi) is 3.20. The molecule has 2 heterocycles. The van der Waals surface area contributed by atoms with Crippen LogP contribution in [0.25, 0.3) is 6.08 Å². The number of amides is 2. The number of hydroxylamine groups is 1. The first-order valence-corrected chi connectivity index (χ1v) is 4.97. The monoisotopic (exact) mass is 230 g/mol. The maximum absolute atomic E-state index is 10.0. The predicted octanol–water partition coefficient (Wildman–Crippen LogP) is 0.753. The van der Waals surface area contributed by atoms with Gasteiger partial charge in [0.25, 0.3) is 11.8 Å². The number of carbonyl (C=O) groups excluding carboxylic acids is 2. The van der Waals surface area contributed by atoms with E-state index < -0.39 is 0 Å². The molecular weight excluding hydrogens is 220 g/mol. The number of hydrogen-bond acceptors (Lipinski definition) is 4. The summed E-state index contributed by atoms with van der Waals surface area (Å²) in [6.45, 7) is 0. The Labute approximate surface area is 97.7 Å². The molecule has 5 heteroatoms. The normalized spacial score (nSPS) is 15.1. The van der Waals surface area contributed by atoms with Gasteiger partial charge in [-0.05, 0) is 12.1 Å². The fraction of sp³-hybridized carbons (Fsp3) is 0. The highest BCUT2D eigenvalue weighted by atomic mass is 16.6. The van der Waals surface area contributed by atoms with Crippen LogP contribution in [-0.2, 0) is 9.59 Å². The third kappa shape index (κ3) is 2.94. The van der Waals surface area contributed by atoms with Crippen LogP contribution in [-0.4, -0.2) is 11.8 Å². The average Bonchev–Trinajstić information content (AvgIpc) is 2.74. The van der Waals surface area contributed by atoms with Crippen LogP contribution >= 0.6 is 0 Å². The Morgan fingerprint density at radius 3 is 2.24 bits per heavy atom. The van der Waals surface area contributed by atoms with E-state index in [-0.39, 0.29) is 11.8 Å². The van der Waals surface area contributed by atoms with Crippen molar-refractivity contribution in [3.05, 3.63) is 48.2 Å². The smallest absolute Gasteiger partial charge is 0.250 e. The first-order chi connectivity index (χ1) is 8.25. The molecule has 2 aliphatic rings. The van der Waals surface area contributed by atoms with Crippen LogP contribution in [0, 0.1) is 0 Å². The van der Waals surface area contributed by atoms with Crippen molar-refractivity contribution in [2.75, 3.05) is 0 Å². The summed E-state index contributed by atoms with van der Waals surface area (Å²) in [6, 6.07) is 7.86. The molecule has 1 aromatic carbocycles. The van der Waals surface area contributed by atoms with Crippen molar-refractivity contribution in [1.29, 1.82) is 0 Å². The van der Waals surface area contributed by atoms with Gasteiger partial charge in [0, 0.05) is 23.9 Å². The summed E-state index contributed by atoms with van der Waals surface area (Å²) in [5.41, 5.74) is 3.77. The zero-order chi connectivity index (χ0) is 12.1. The van der Waals surface area contributed by atoms with Crippen LogP contribution in [0.15, 0.2) is 42.6 Å². The Balaban J connectivity index is 0.000000136. The Morgan fingerprint density at radius 1 is 0.941 bits per heavy atom. The van der Waals surface area contributed by atoms with Crippen molar-refractivity contribution in [2.24, 2.45) is 0 Å². The highest BCUT2D eigenvalue weighted by molar-refractivity contribution is 6.12. The molecule has 3 rings (SSSR count). The van der Waals surface area contributed by atoms with Crippen LogP contribution in [0.5, 0.6) is 5.75 Å². The Bertz CT molecular complexity index is 490. The standard InChI is InChI=1S/C8H7NO.C4H3NO2/c1-2-4-8-7(3-1)5-6-9-10-8;6-3-1-2-4(7)5-3/h1-6,9H;1-2H,(H,5,6,7). The number of imide groups is 1. The van der Waals surface area contributed by atoms with Crippen LogP contribution in [0.4, 0.5) is 0 Å². The quantitative estimate of drug-likeness (QED) is 0.645. The number of carbonyl (C=O) groups is 2. The van der Waals surface area contributed by atoms with E-state index in [1.807, 2.05) is 35.7 Å². The van der Waals surface area contributed by atoms with Crippen molar-refractivity contribution in [3.63, 3.8) is 0 Å². The maximum atomic E-state index is 10.0. The summed E-state index contributed by atoms with van der Waals surface area (Å²) in [4.78, 5) is 25.2. The fourth-order valence-electron chi connectivity index (χ4n) is 1.29. The predicted molar refractivity (Wildman–Crippen MR) is 61.5 cm³/mol. The average molecular weight is 230 g/mol. The number of fused-ring (bicyclic) bond motifs is 1. The summed E-state index contributed by atoms with van der Waals surface area (Å²) in [7, 11) is 0. The second-order valence-corrected chi connectivity index (χ2v) is 3.28. The lowest BCUT2D eigenvalue weighted by Gasteiger charge is -2.11. The topological polar surface area (TPSA) is 67.4 Å². The van der Waals surface area contributed by atoms with Crippen molar-refractivity contribution >= 4 is 17.9 Å². The maximum Gasteiger partial charge on any atom is 0.250 e. The second-order valence-electron chi connectivity index (χ2n) is 3.28. The van der Waals surface area contributed by atoms with E-state index in [9.17, 15) is 9.59 Å². The molecule has 2 amide bonds. The van der Waals surface area contributed by atoms with E-state index in [1.165, 1.54) is 12.2 Å². The number of hydrogen-bond donors (Lipinski definition) is 2. The summed E-state index contributed by atoms with van der Waals surface area (Å²) in [5.74, 6) is 0.222. The number of nitrogens with one attached hydrogen (secondary N) is 2. The van der Waals surface area contributed by atoms with Gasteiger partial charge in [0.05, 0.1) is 0 Å². The molecule has 0 spiro atoms. The molecule has 0 bridgehead atoms. The molecule has 2 aliphatic heterocycles. The van der Waals surface area contributed by atoms with Gasteiger partial charge in [0.1, 0.15) is 0 Å². The minimum Gasteiger partial charge on any atom is -0.382 e. The molecule has 1 aromatic rings. The first-order valence-electron chi connectivity index (χ1n) is 4.97. The van der Waals surface area contributed by atoms with Gasteiger partial charge in [-0.15, -0.1) is 0 Å². The van der Waals surface area contributed by atoms with Crippen molar-refractivity contribution < 1.29 is 14.4 Å². The minimum absolute atomic E-state index is 0.329. The zero-order valence-electron chi connectivity index (χ0n) is 8.84. The molecule has 0 radical (unpaired) electrons. The van der Waals surface area contributed by atoms with E-state index in [0.717, 1.165) is 11.3 Å². The summed E-state index contributed by atoms with van der Waals surface area (Å²) in [5, 5.41) is 2.03. The molecule has 0 saturated carbocycles. The Morgan fingerprint density at radius 2 is 1.65 bits per heavy atom. The van der Waals surface area contributed by atoms with Gasteiger partial charge in [-0.3, -0.25) is 14.9 Å². The highest BCUT2D eigenvalue weighted by Crippen LogP contribution is 2.20. The number of para-hydroxylation sites is 1. The Hall–Kier alpha value is -2.56. The molecule has 86 valence electrons. The van der Waals surface area contributed by atoms with Crippen LogP contribution in [0.2, 0.25) is 0 Å². The van der Waals surface area contributed by atoms with Crippen LogP contribution in [0.3, 0.4) is 0 Å².